The molecule has 0 spiro atoms. The fourth-order valence-corrected chi connectivity index (χ4v) is 2.47. The lowest BCUT2D eigenvalue weighted by molar-refractivity contribution is -0.320. The van der Waals surface area contributed by atoms with Gasteiger partial charge in [-0.2, -0.15) is 0 Å². The summed E-state index contributed by atoms with van der Waals surface area (Å²) in [5.74, 6) is -0.671. The highest BCUT2D eigenvalue weighted by Gasteiger charge is 2.47. The van der Waals surface area contributed by atoms with Gasteiger partial charge in [-0.15, -0.1) is 0 Å². The Hall–Kier alpha value is -1.22. The number of ether oxygens (including phenoxy) is 2. The van der Waals surface area contributed by atoms with Crippen molar-refractivity contribution in [1.29, 1.82) is 0 Å². The third-order valence-electron chi connectivity index (χ3n) is 3.93. The number of amides is 1. The van der Waals surface area contributed by atoms with Crippen LogP contribution in [0.4, 0.5) is 0 Å². The minimum atomic E-state index is -1.89. The summed E-state index contributed by atoms with van der Waals surface area (Å²) in [6.07, 6.45) is -13.5. The summed E-state index contributed by atoms with van der Waals surface area (Å²) in [4.78, 5) is 22.5. The maximum atomic E-state index is 11.3. The van der Waals surface area contributed by atoms with Crippen LogP contribution in [0.3, 0.4) is 0 Å². The number of aliphatic hydroxyl groups excluding tert-OH is 7. The van der Waals surface area contributed by atoms with Gasteiger partial charge in [-0.25, -0.2) is 0 Å². The number of nitrogens with one attached hydrogen (secondary N) is 1. The Morgan fingerprint density at radius 1 is 1.19 bits per heavy atom. The Morgan fingerprint density at radius 2 is 1.81 bits per heavy atom. The Labute approximate surface area is 148 Å². The first-order chi connectivity index (χ1) is 12.2. The number of carbonyl (C=O) groups excluding carboxylic acids is 2. The number of rotatable bonds is 9. The predicted molar refractivity (Wildman–Crippen MR) is 81.4 cm³/mol. The smallest absolute Gasteiger partial charge is 0.217 e. The molecule has 0 unspecified atom stereocenters. The summed E-state index contributed by atoms with van der Waals surface area (Å²) in [6.45, 7) is -0.558. The maximum absolute atomic E-state index is 11.3. The minimum absolute atomic E-state index is 0.198. The first-order valence-corrected chi connectivity index (χ1v) is 7.83. The van der Waals surface area contributed by atoms with Crippen LogP contribution in [0.25, 0.3) is 0 Å². The molecule has 0 aromatic carbocycles. The highest BCUT2D eigenvalue weighted by Crippen LogP contribution is 2.24. The molecule has 0 aromatic heterocycles. The van der Waals surface area contributed by atoms with Crippen molar-refractivity contribution in [1.82, 2.24) is 5.32 Å². The van der Waals surface area contributed by atoms with Crippen LogP contribution in [0.1, 0.15) is 6.92 Å². The van der Waals surface area contributed by atoms with Gasteiger partial charge in [0.25, 0.3) is 0 Å². The fraction of sp³-hybridized carbons (Fsp3) is 0.857. The predicted octanol–water partition coefficient (Wildman–Crippen LogP) is -5.41. The zero-order chi connectivity index (χ0) is 20.0. The van der Waals surface area contributed by atoms with Gasteiger partial charge >= 0.3 is 0 Å². The van der Waals surface area contributed by atoms with E-state index < -0.39 is 74.2 Å². The first kappa shape index (κ1) is 22.8. The van der Waals surface area contributed by atoms with E-state index in [0.717, 1.165) is 6.92 Å². The summed E-state index contributed by atoms with van der Waals surface area (Å²) in [5, 5.41) is 69.5. The molecule has 1 aliphatic heterocycles. The second-order valence-corrected chi connectivity index (χ2v) is 5.90. The molecule has 0 aromatic rings. The Bertz CT molecular complexity index is 462. The minimum Gasteiger partial charge on any atom is -0.394 e. The average Bonchev–Trinajstić information content (AvgIpc) is 2.62. The molecule has 1 heterocycles. The van der Waals surface area contributed by atoms with E-state index in [2.05, 4.69) is 5.32 Å². The zero-order valence-corrected chi connectivity index (χ0v) is 14.0. The summed E-state index contributed by atoms with van der Waals surface area (Å²) in [7, 11) is 0. The van der Waals surface area contributed by atoms with Gasteiger partial charge < -0.3 is 55.3 Å². The molecule has 1 aliphatic rings. The summed E-state index contributed by atoms with van der Waals surface area (Å²) >= 11 is 0. The lowest BCUT2D eigenvalue weighted by Crippen LogP contribution is -2.62. The summed E-state index contributed by atoms with van der Waals surface area (Å²) in [6, 6.07) is -1.50. The lowest BCUT2D eigenvalue weighted by atomic mass is 9.98. The molecule has 0 bridgehead atoms. The molecular formula is C14H25NO11. The van der Waals surface area contributed by atoms with E-state index in [4.69, 9.17) is 19.7 Å². The monoisotopic (exact) mass is 383 g/mol. The van der Waals surface area contributed by atoms with Gasteiger partial charge in [-0.05, 0) is 0 Å². The van der Waals surface area contributed by atoms with Gasteiger partial charge in [0.2, 0.25) is 5.91 Å². The lowest BCUT2D eigenvalue weighted by Gasteiger charge is -2.42. The molecule has 26 heavy (non-hydrogen) atoms. The Balaban J connectivity index is 3.06. The van der Waals surface area contributed by atoms with E-state index in [1.54, 1.807) is 0 Å². The molecule has 12 nitrogen and oxygen atoms in total. The second-order valence-electron chi connectivity index (χ2n) is 5.90. The standard InChI is InChI=1S/C14H25NO11/c1-5(19)15-6(2-16)13(9(21)7(20)3-17)26-14-12(24)11(23)10(22)8(4-18)25-14/h2,6-14,17-18,20-24H,3-4H2,1H3,(H,15,19)/t6-,7+,8+,9+,10-,11-,12+,13-,14-/m0/s1. The molecule has 0 aliphatic carbocycles. The van der Waals surface area contributed by atoms with E-state index in [1.165, 1.54) is 0 Å². The molecule has 1 saturated heterocycles. The topological polar surface area (TPSA) is 206 Å². The van der Waals surface area contributed by atoms with E-state index in [9.17, 15) is 35.1 Å². The Kier molecular flexibility index (Phi) is 8.95. The highest BCUT2D eigenvalue weighted by molar-refractivity contribution is 5.77. The van der Waals surface area contributed by atoms with Crippen LogP contribution in [0.2, 0.25) is 0 Å². The van der Waals surface area contributed by atoms with Crippen LogP contribution in [-0.2, 0) is 19.1 Å². The highest BCUT2D eigenvalue weighted by atomic mass is 16.7. The van der Waals surface area contributed by atoms with Gasteiger partial charge in [0.05, 0.1) is 13.2 Å². The molecule has 0 saturated carbocycles. The summed E-state index contributed by atoms with van der Waals surface area (Å²) in [5.41, 5.74) is 0. The van der Waals surface area contributed by atoms with Crippen molar-refractivity contribution in [2.75, 3.05) is 13.2 Å². The van der Waals surface area contributed by atoms with E-state index in [-0.39, 0.29) is 6.29 Å². The molecular weight excluding hydrogens is 358 g/mol. The van der Waals surface area contributed by atoms with Crippen molar-refractivity contribution in [3.8, 4) is 0 Å². The molecule has 9 atom stereocenters. The van der Waals surface area contributed by atoms with Gasteiger partial charge in [-0.1, -0.05) is 0 Å². The van der Waals surface area contributed by atoms with Crippen LogP contribution < -0.4 is 5.32 Å². The molecule has 152 valence electrons. The number of hydrogen-bond acceptors (Lipinski definition) is 11. The first-order valence-electron chi connectivity index (χ1n) is 7.83. The van der Waals surface area contributed by atoms with Crippen molar-refractivity contribution >= 4 is 12.2 Å². The van der Waals surface area contributed by atoms with Crippen LogP contribution in [0.5, 0.6) is 0 Å². The van der Waals surface area contributed by atoms with Crippen molar-refractivity contribution < 1.29 is 54.8 Å². The zero-order valence-electron chi connectivity index (χ0n) is 14.0. The van der Waals surface area contributed by atoms with Crippen LogP contribution in [-0.4, -0.2) is 116 Å². The van der Waals surface area contributed by atoms with E-state index in [1.807, 2.05) is 0 Å². The number of aldehydes is 1. The molecule has 0 radical (unpaired) electrons. The second kappa shape index (κ2) is 10.2. The largest absolute Gasteiger partial charge is 0.394 e. The van der Waals surface area contributed by atoms with Gasteiger partial charge in [0.1, 0.15) is 55.1 Å². The van der Waals surface area contributed by atoms with Crippen LogP contribution in [0, 0.1) is 0 Å². The van der Waals surface area contributed by atoms with Crippen molar-refractivity contribution in [3.05, 3.63) is 0 Å². The molecule has 12 heteroatoms. The SMILES string of the molecule is CC(=O)N[C@@H](C=O)[C@H](O[C@@H]1O[C@H](CO)[C@H](O)[C@H](O)[C@H]1O)[C@H](O)[C@H](O)CO. The van der Waals surface area contributed by atoms with Gasteiger partial charge in [0, 0.05) is 6.92 Å². The van der Waals surface area contributed by atoms with Crippen molar-refractivity contribution in [2.45, 2.75) is 62.0 Å². The third kappa shape index (κ3) is 5.39. The molecule has 1 fully saturated rings. The number of aliphatic hydroxyl groups is 7. The summed E-state index contributed by atoms with van der Waals surface area (Å²) < 4.78 is 10.4. The van der Waals surface area contributed by atoms with Crippen LogP contribution >= 0.6 is 0 Å². The fourth-order valence-electron chi connectivity index (χ4n) is 2.47. The van der Waals surface area contributed by atoms with Crippen molar-refractivity contribution in [3.63, 3.8) is 0 Å². The molecule has 1 rings (SSSR count). The maximum Gasteiger partial charge on any atom is 0.217 e. The normalized spacial score (nSPS) is 33.8. The van der Waals surface area contributed by atoms with Gasteiger partial charge in [-0.3, -0.25) is 4.79 Å². The van der Waals surface area contributed by atoms with Gasteiger partial charge in [0.15, 0.2) is 6.29 Å². The van der Waals surface area contributed by atoms with Crippen LogP contribution in [0.15, 0.2) is 0 Å². The quantitative estimate of drug-likeness (QED) is 0.176. The van der Waals surface area contributed by atoms with E-state index in [0.29, 0.717) is 0 Å². The molecule has 8 N–H and O–H groups in total. The number of hydrogen-bond donors (Lipinski definition) is 8. The molecule has 1 amide bonds. The average molecular weight is 383 g/mol. The number of carbonyl (C=O) groups is 2. The van der Waals surface area contributed by atoms with E-state index >= 15 is 0 Å². The third-order valence-corrected chi connectivity index (χ3v) is 3.93. The van der Waals surface area contributed by atoms with Crippen molar-refractivity contribution in [2.24, 2.45) is 0 Å². The Morgan fingerprint density at radius 3 is 2.27 bits per heavy atom.